The lowest BCUT2D eigenvalue weighted by molar-refractivity contribution is 0.0322. The molecule has 0 bridgehead atoms. The lowest BCUT2D eigenvalue weighted by Crippen LogP contribution is -2.38. The number of hydrogen-bond acceptors (Lipinski definition) is 5. The van der Waals surface area contributed by atoms with Gasteiger partial charge in [0.2, 0.25) is 0 Å². The highest BCUT2D eigenvalue weighted by Gasteiger charge is 2.12. The number of ether oxygens (including phenoxy) is 2. The summed E-state index contributed by atoms with van der Waals surface area (Å²) in [5.41, 5.74) is 2.77. The van der Waals surface area contributed by atoms with E-state index in [9.17, 15) is 9.90 Å². The highest BCUT2D eigenvalue weighted by Crippen LogP contribution is 2.28. The molecule has 0 radical (unpaired) electrons. The van der Waals surface area contributed by atoms with Gasteiger partial charge in [-0.3, -0.25) is 9.69 Å². The Morgan fingerprint density at radius 1 is 1.03 bits per heavy atom. The molecule has 1 heterocycles. The molecule has 1 aliphatic heterocycles. The minimum absolute atomic E-state index is 0.180. The third-order valence-electron chi connectivity index (χ3n) is 5.26. The molecule has 1 saturated heterocycles. The van der Waals surface area contributed by atoms with Crippen molar-refractivity contribution in [2.45, 2.75) is 0 Å². The fraction of sp³-hybridized carbons (Fsp3) is 0.240. The maximum absolute atomic E-state index is 12.8. The van der Waals surface area contributed by atoms with Crippen LogP contribution in [0.25, 0.3) is 11.1 Å². The summed E-state index contributed by atoms with van der Waals surface area (Å²) in [5, 5.41) is 13.0. The van der Waals surface area contributed by atoms with Crippen LogP contribution >= 0.6 is 11.6 Å². The second-order valence-electron chi connectivity index (χ2n) is 7.53. The van der Waals surface area contributed by atoms with Crippen LogP contribution in [0, 0.1) is 0 Å². The number of amides is 1. The first kappa shape index (κ1) is 22.1. The number of aromatic hydroxyl groups is 1. The lowest BCUT2D eigenvalue weighted by Gasteiger charge is -2.26. The molecule has 4 rings (SSSR count). The van der Waals surface area contributed by atoms with E-state index in [4.69, 9.17) is 21.1 Å². The second kappa shape index (κ2) is 10.5. The van der Waals surface area contributed by atoms with Gasteiger partial charge in [0.15, 0.2) is 0 Å². The number of phenols is 1. The molecule has 0 unspecified atom stereocenters. The number of hydrogen-bond donors (Lipinski definition) is 2. The van der Waals surface area contributed by atoms with Gasteiger partial charge >= 0.3 is 0 Å². The number of rotatable bonds is 7. The van der Waals surface area contributed by atoms with Crippen LogP contribution in [0.1, 0.15) is 10.4 Å². The van der Waals surface area contributed by atoms with E-state index in [-0.39, 0.29) is 11.7 Å². The van der Waals surface area contributed by atoms with Gasteiger partial charge in [0, 0.05) is 30.9 Å². The zero-order valence-electron chi connectivity index (χ0n) is 17.6. The molecule has 32 heavy (non-hydrogen) atoms. The summed E-state index contributed by atoms with van der Waals surface area (Å²) in [6.07, 6.45) is 0. The van der Waals surface area contributed by atoms with Crippen molar-refractivity contribution in [2.24, 2.45) is 0 Å². The van der Waals surface area contributed by atoms with E-state index >= 15 is 0 Å². The van der Waals surface area contributed by atoms with Gasteiger partial charge < -0.3 is 19.9 Å². The molecule has 7 heteroatoms. The molecule has 0 aliphatic carbocycles. The topological polar surface area (TPSA) is 71.0 Å². The normalized spacial score (nSPS) is 14.2. The van der Waals surface area contributed by atoms with Crippen molar-refractivity contribution in [1.29, 1.82) is 0 Å². The molecular weight excluding hydrogens is 428 g/mol. The maximum atomic E-state index is 12.8. The summed E-state index contributed by atoms with van der Waals surface area (Å²) >= 11 is 6.37. The molecule has 1 aliphatic rings. The van der Waals surface area contributed by atoms with Crippen molar-refractivity contribution in [3.05, 3.63) is 77.3 Å². The third-order valence-corrected chi connectivity index (χ3v) is 5.56. The highest BCUT2D eigenvalue weighted by atomic mass is 35.5. The summed E-state index contributed by atoms with van der Waals surface area (Å²) in [5.74, 6) is 0.520. The third kappa shape index (κ3) is 5.79. The van der Waals surface area contributed by atoms with Crippen LogP contribution in [-0.2, 0) is 4.74 Å². The van der Waals surface area contributed by atoms with E-state index < -0.39 is 0 Å². The molecule has 3 aromatic carbocycles. The fourth-order valence-electron chi connectivity index (χ4n) is 3.53. The molecule has 1 amide bonds. The van der Waals surface area contributed by atoms with E-state index in [1.807, 2.05) is 18.2 Å². The number of carbonyl (C=O) groups excluding carboxylic acids is 1. The van der Waals surface area contributed by atoms with Crippen LogP contribution in [0.2, 0.25) is 5.02 Å². The average Bonchev–Trinajstić information content (AvgIpc) is 2.81. The zero-order chi connectivity index (χ0) is 22.3. The van der Waals surface area contributed by atoms with Crippen molar-refractivity contribution in [2.75, 3.05) is 44.8 Å². The predicted molar refractivity (Wildman–Crippen MR) is 126 cm³/mol. The van der Waals surface area contributed by atoms with Gasteiger partial charge in [-0.15, -0.1) is 0 Å². The van der Waals surface area contributed by atoms with Gasteiger partial charge in [0.25, 0.3) is 5.91 Å². The predicted octanol–water partition coefficient (Wildman–Crippen LogP) is 4.68. The van der Waals surface area contributed by atoms with Crippen molar-refractivity contribution in [3.63, 3.8) is 0 Å². The minimum atomic E-state index is -0.246. The number of anilines is 1. The standard InChI is InChI=1S/C25H25ClN2O4/c26-23-17-21(7-8-24(23)32-14-11-28-9-12-31-13-10-28)27-25(30)20-5-1-3-18(15-20)19-4-2-6-22(29)16-19/h1-8,15-17,29H,9-14H2,(H,27,30). The van der Waals surface area contributed by atoms with E-state index in [0.29, 0.717) is 28.6 Å². The van der Waals surface area contributed by atoms with Crippen LogP contribution in [0.4, 0.5) is 5.69 Å². The summed E-state index contributed by atoms with van der Waals surface area (Å²) in [6, 6.07) is 19.4. The number of nitrogens with one attached hydrogen (secondary N) is 1. The smallest absolute Gasteiger partial charge is 0.255 e. The molecule has 1 fully saturated rings. The largest absolute Gasteiger partial charge is 0.508 e. The van der Waals surface area contributed by atoms with Gasteiger partial charge in [0.05, 0.1) is 18.2 Å². The van der Waals surface area contributed by atoms with E-state index in [2.05, 4.69) is 10.2 Å². The Hall–Kier alpha value is -3.06. The van der Waals surface area contributed by atoms with Gasteiger partial charge in [-0.1, -0.05) is 35.9 Å². The van der Waals surface area contributed by atoms with Crippen molar-refractivity contribution < 1.29 is 19.4 Å². The quantitative estimate of drug-likeness (QED) is 0.544. The van der Waals surface area contributed by atoms with Crippen LogP contribution in [0.3, 0.4) is 0 Å². The number of halogens is 1. The monoisotopic (exact) mass is 452 g/mol. The van der Waals surface area contributed by atoms with Gasteiger partial charge in [-0.2, -0.15) is 0 Å². The Balaban J connectivity index is 1.37. The summed E-state index contributed by atoms with van der Waals surface area (Å²) in [6.45, 7) is 4.68. The van der Waals surface area contributed by atoms with Gasteiger partial charge in [-0.05, 0) is 53.6 Å². The molecule has 6 nitrogen and oxygen atoms in total. The first-order valence-electron chi connectivity index (χ1n) is 10.5. The number of morpholine rings is 1. The molecule has 0 spiro atoms. The van der Waals surface area contributed by atoms with E-state index in [1.54, 1.807) is 48.5 Å². The molecule has 166 valence electrons. The Labute approximate surface area is 192 Å². The first-order chi connectivity index (χ1) is 15.6. The van der Waals surface area contributed by atoms with Crippen LogP contribution in [-0.4, -0.2) is 55.4 Å². The van der Waals surface area contributed by atoms with Crippen LogP contribution in [0.5, 0.6) is 11.5 Å². The Morgan fingerprint density at radius 2 is 1.78 bits per heavy atom. The fourth-order valence-corrected chi connectivity index (χ4v) is 3.77. The maximum Gasteiger partial charge on any atom is 0.255 e. The molecular formula is C25H25ClN2O4. The summed E-state index contributed by atoms with van der Waals surface area (Å²) < 4.78 is 11.2. The average molecular weight is 453 g/mol. The van der Waals surface area contributed by atoms with Crippen molar-refractivity contribution >= 4 is 23.2 Å². The highest BCUT2D eigenvalue weighted by molar-refractivity contribution is 6.32. The minimum Gasteiger partial charge on any atom is -0.508 e. The van der Waals surface area contributed by atoms with E-state index in [0.717, 1.165) is 44.0 Å². The van der Waals surface area contributed by atoms with Crippen molar-refractivity contribution in [3.8, 4) is 22.6 Å². The SMILES string of the molecule is O=C(Nc1ccc(OCCN2CCOCC2)c(Cl)c1)c1cccc(-c2cccc(O)c2)c1. The van der Waals surface area contributed by atoms with Gasteiger partial charge in [-0.25, -0.2) is 0 Å². The zero-order valence-corrected chi connectivity index (χ0v) is 18.3. The number of nitrogens with zero attached hydrogens (tertiary/aromatic N) is 1. The second-order valence-corrected chi connectivity index (χ2v) is 7.94. The van der Waals surface area contributed by atoms with Gasteiger partial charge in [0.1, 0.15) is 18.1 Å². The summed E-state index contributed by atoms with van der Waals surface area (Å²) in [7, 11) is 0. The Bertz CT molecular complexity index is 1080. The summed E-state index contributed by atoms with van der Waals surface area (Å²) in [4.78, 5) is 15.0. The molecule has 0 atom stereocenters. The van der Waals surface area contributed by atoms with Crippen LogP contribution < -0.4 is 10.1 Å². The molecule has 0 saturated carbocycles. The van der Waals surface area contributed by atoms with E-state index in [1.165, 1.54) is 0 Å². The lowest BCUT2D eigenvalue weighted by atomic mass is 10.0. The number of benzene rings is 3. The Morgan fingerprint density at radius 3 is 2.53 bits per heavy atom. The molecule has 3 aromatic rings. The first-order valence-corrected chi connectivity index (χ1v) is 10.9. The van der Waals surface area contributed by atoms with Crippen molar-refractivity contribution in [1.82, 2.24) is 4.90 Å². The number of carbonyl (C=O) groups is 1. The van der Waals surface area contributed by atoms with Crippen LogP contribution in [0.15, 0.2) is 66.7 Å². The Kier molecular flexibility index (Phi) is 7.27. The number of phenolic OH excluding ortho intramolecular Hbond substituents is 1. The molecule has 0 aromatic heterocycles. The molecule has 2 N–H and O–H groups in total.